The van der Waals surface area contributed by atoms with Gasteiger partial charge >= 0.3 is 11.9 Å². The molecule has 0 fully saturated rings. The van der Waals surface area contributed by atoms with Crippen LogP contribution in [0.4, 0.5) is 5.69 Å². The standard InChI is InChI=1S/C38H39N3O6S2/c42-31(43)11-17-48-49-18-12-39-37(44)24-9-10-25(38(45)46)28(21-24)32-29-19-22-5-1-13-40-15-3-7-26(33(22)40)35(29)47-36-27-8-4-16-41-14-2-6-23(34(27)41)20-30(32)36/h9-10,19-21H,1-8,11-18H2,(H2-,39,42,43,44,45,46)/p+1. The van der Waals surface area contributed by atoms with Crippen LogP contribution in [0.3, 0.4) is 0 Å². The Hall–Kier alpha value is -3.96. The lowest BCUT2D eigenvalue weighted by molar-refractivity contribution is -0.136. The van der Waals surface area contributed by atoms with E-state index in [9.17, 15) is 19.5 Å². The molecular weight excluding hydrogens is 659 g/mol. The maximum absolute atomic E-state index is 13.5. The van der Waals surface area contributed by atoms with Gasteiger partial charge in [-0.1, -0.05) is 21.6 Å². The van der Waals surface area contributed by atoms with Crippen molar-refractivity contribution in [1.29, 1.82) is 0 Å². The number of carbonyl (C=O) groups is 3. The van der Waals surface area contributed by atoms with E-state index in [-0.39, 0.29) is 17.9 Å². The van der Waals surface area contributed by atoms with Crippen LogP contribution in [0.1, 0.15) is 86.2 Å². The van der Waals surface area contributed by atoms with Gasteiger partial charge in [0.1, 0.15) is 24.6 Å². The lowest BCUT2D eigenvalue weighted by Crippen LogP contribution is -2.45. The predicted molar refractivity (Wildman–Crippen MR) is 193 cm³/mol. The number of anilines is 1. The van der Waals surface area contributed by atoms with Gasteiger partial charge in [-0.3, -0.25) is 9.59 Å². The molecule has 0 bridgehead atoms. The molecule has 0 atom stereocenters. The van der Waals surface area contributed by atoms with E-state index < -0.39 is 11.9 Å². The van der Waals surface area contributed by atoms with Crippen LogP contribution in [0.25, 0.3) is 5.57 Å². The van der Waals surface area contributed by atoms with Crippen LogP contribution >= 0.6 is 21.6 Å². The van der Waals surface area contributed by atoms with Gasteiger partial charge in [0, 0.05) is 82.7 Å². The number of hydrogen-bond acceptors (Lipinski definition) is 7. The second-order valence-corrected chi connectivity index (χ2v) is 16.2. The minimum Gasteiger partial charge on any atom is -0.481 e. The number of aliphatic carboxylic acids is 1. The Labute approximate surface area is 292 Å². The van der Waals surface area contributed by atoms with Crippen molar-refractivity contribution in [1.82, 2.24) is 9.89 Å². The molecule has 9 nitrogen and oxygen atoms in total. The van der Waals surface area contributed by atoms with Crippen molar-refractivity contribution in [2.24, 2.45) is 0 Å². The Kier molecular flexibility index (Phi) is 8.82. The molecule has 1 amide bonds. The van der Waals surface area contributed by atoms with Gasteiger partial charge in [-0.25, -0.2) is 9.37 Å². The third-order valence-electron chi connectivity index (χ3n) is 10.4. The van der Waals surface area contributed by atoms with Gasteiger partial charge < -0.3 is 25.2 Å². The van der Waals surface area contributed by atoms with E-state index in [4.69, 9.17) is 9.84 Å². The fourth-order valence-electron chi connectivity index (χ4n) is 8.44. The van der Waals surface area contributed by atoms with Crippen LogP contribution in [-0.4, -0.2) is 72.3 Å². The van der Waals surface area contributed by atoms with E-state index in [1.54, 1.807) is 18.2 Å². The number of ether oxygens (including phenoxy) is 1. The first-order chi connectivity index (χ1) is 23.9. The van der Waals surface area contributed by atoms with Crippen LogP contribution in [0.2, 0.25) is 0 Å². The van der Waals surface area contributed by atoms with Gasteiger partial charge in [0.25, 0.3) is 5.91 Å². The SMILES string of the molecule is O=C(O)CCSSCCNC(=O)c1ccc(C(=O)O)c(C2=c3cc4c5c(c3Oc3c2cc2c6c3CCCN6CCC2)CCC[N+]=5CCC4)c1. The van der Waals surface area contributed by atoms with Crippen LogP contribution in [0.5, 0.6) is 11.5 Å². The van der Waals surface area contributed by atoms with E-state index in [1.807, 2.05) is 0 Å². The third-order valence-corrected chi connectivity index (χ3v) is 12.8. The summed E-state index contributed by atoms with van der Waals surface area (Å²) < 4.78 is 9.62. The average molecular weight is 699 g/mol. The van der Waals surface area contributed by atoms with Gasteiger partial charge in [0.05, 0.1) is 17.5 Å². The Morgan fingerprint density at radius 2 is 1.59 bits per heavy atom. The van der Waals surface area contributed by atoms with E-state index in [2.05, 4.69) is 26.9 Å². The number of amides is 1. The molecule has 3 aromatic carbocycles. The zero-order chi connectivity index (χ0) is 33.6. The van der Waals surface area contributed by atoms with Gasteiger partial charge in [0.2, 0.25) is 5.36 Å². The molecule has 0 saturated heterocycles. The number of aryl methyl sites for hydroxylation is 2. The summed E-state index contributed by atoms with van der Waals surface area (Å²) >= 11 is 0. The molecular formula is C38H40N3O6S2+. The summed E-state index contributed by atoms with van der Waals surface area (Å²) in [4.78, 5) is 39.7. The predicted octanol–water partition coefficient (Wildman–Crippen LogP) is 4.41. The minimum absolute atomic E-state index is 0.101. The molecule has 0 saturated carbocycles. The van der Waals surface area contributed by atoms with Crippen molar-refractivity contribution in [2.75, 3.05) is 49.1 Å². The number of carboxylic acid groups (broad SMARTS) is 2. The first-order valence-corrected chi connectivity index (χ1v) is 19.9. The number of carbonyl (C=O) groups excluding carboxylic acids is 1. The van der Waals surface area contributed by atoms with Crippen molar-refractivity contribution in [3.8, 4) is 11.5 Å². The number of carboxylic acids is 2. The first kappa shape index (κ1) is 32.3. The maximum atomic E-state index is 13.5. The summed E-state index contributed by atoms with van der Waals surface area (Å²) in [6.45, 7) is 4.58. The summed E-state index contributed by atoms with van der Waals surface area (Å²) in [7, 11) is 3.00. The molecule has 0 spiro atoms. The monoisotopic (exact) mass is 698 g/mol. The Morgan fingerprint density at radius 3 is 2.41 bits per heavy atom. The maximum Gasteiger partial charge on any atom is 0.336 e. The van der Waals surface area contributed by atoms with Crippen molar-refractivity contribution >= 4 is 50.7 Å². The highest BCUT2D eigenvalue weighted by Gasteiger charge is 2.36. The summed E-state index contributed by atoms with van der Waals surface area (Å²) in [5.74, 6) is 0.704. The van der Waals surface area contributed by atoms with E-state index in [0.29, 0.717) is 29.2 Å². The van der Waals surface area contributed by atoms with Gasteiger partial charge in [-0.05, 0) is 80.0 Å². The largest absolute Gasteiger partial charge is 0.481 e. The average Bonchev–Trinajstić information content (AvgIpc) is 3.10. The van der Waals surface area contributed by atoms with Crippen LogP contribution in [0.15, 0.2) is 30.3 Å². The summed E-state index contributed by atoms with van der Waals surface area (Å²) in [6.07, 6.45) is 8.13. The quantitative estimate of drug-likeness (QED) is 0.126. The number of benzene rings is 3. The Bertz CT molecular complexity index is 2040. The molecule has 49 heavy (non-hydrogen) atoms. The molecule has 5 aliphatic rings. The highest BCUT2D eigenvalue weighted by Crippen LogP contribution is 2.48. The van der Waals surface area contributed by atoms with Crippen LogP contribution in [-0.2, 0) is 30.5 Å². The first-order valence-electron chi connectivity index (χ1n) is 17.4. The normalized spacial score (nSPS) is 16.9. The second-order valence-electron chi connectivity index (χ2n) is 13.5. The van der Waals surface area contributed by atoms with Crippen molar-refractivity contribution in [3.63, 3.8) is 0 Å². The number of rotatable bonds is 10. The molecule has 5 heterocycles. The number of hydrogen-bond donors (Lipinski definition) is 3. The molecule has 11 heteroatoms. The fourth-order valence-corrected chi connectivity index (χ4v) is 10.3. The van der Waals surface area contributed by atoms with Crippen molar-refractivity contribution in [2.45, 2.75) is 57.8 Å². The number of nitrogens with one attached hydrogen (secondary N) is 1. The van der Waals surface area contributed by atoms with Gasteiger partial charge in [-0.15, -0.1) is 0 Å². The zero-order valence-electron chi connectivity index (χ0n) is 27.4. The van der Waals surface area contributed by atoms with Crippen molar-refractivity contribution < 1.29 is 29.3 Å². The topological polar surface area (TPSA) is 119 Å². The molecule has 254 valence electrons. The molecule has 3 aromatic rings. The van der Waals surface area contributed by atoms with E-state index >= 15 is 0 Å². The Morgan fingerprint density at radius 1 is 0.837 bits per heavy atom. The lowest BCUT2D eigenvalue weighted by Gasteiger charge is -2.39. The zero-order valence-corrected chi connectivity index (χ0v) is 29.1. The lowest BCUT2D eigenvalue weighted by atomic mass is 9.81. The molecule has 0 aliphatic carbocycles. The minimum atomic E-state index is -1.03. The van der Waals surface area contributed by atoms with E-state index in [0.717, 1.165) is 105 Å². The smallest absolute Gasteiger partial charge is 0.336 e. The van der Waals surface area contributed by atoms with E-state index in [1.165, 1.54) is 54.9 Å². The second kappa shape index (κ2) is 13.4. The molecule has 3 N–H and O–H groups in total. The van der Waals surface area contributed by atoms with Gasteiger partial charge in [-0.2, -0.15) is 0 Å². The highest BCUT2D eigenvalue weighted by molar-refractivity contribution is 8.76. The summed E-state index contributed by atoms with van der Waals surface area (Å²) in [6, 6.07) is 9.43. The molecule has 0 unspecified atom stereocenters. The third kappa shape index (κ3) is 5.88. The molecule has 5 aliphatic heterocycles. The molecule has 8 rings (SSSR count). The van der Waals surface area contributed by atoms with Gasteiger partial charge in [0.15, 0.2) is 0 Å². The molecule has 0 radical (unpaired) electrons. The van der Waals surface area contributed by atoms with Crippen molar-refractivity contribution in [3.05, 3.63) is 85.4 Å². The highest BCUT2D eigenvalue weighted by atomic mass is 33.1. The molecule has 0 aromatic heterocycles. The van der Waals surface area contributed by atoms with Crippen LogP contribution in [0, 0.1) is 0 Å². The summed E-state index contributed by atoms with van der Waals surface area (Å²) in [5.41, 5.74) is 9.21. The van der Waals surface area contributed by atoms with Crippen LogP contribution < -0.4 is 30.1 Å². The Balaban J connectivity index is 1.28. The fraction of sp³-hybridized carbons (Fsp3) is 0.421. The summed E-state index contributed by atoms with van der Waals surface area (Å²) in [5, 5.41) is 24.6. The number of nitrogens with zero attached hydrogens (tertiary/aromatic N) is 2. The number of fused-ring (bicyclic) bond motifs is 4. The number of aromatic carboxylic acids is 1.